The summed E-state index contributed by atoms with van der Waals surface area (Å²) >= 11 is 0. The maximum absolute atomic E-state index is 11.3. The number of carboxylic acids is 1. The van der Waals surface area contributed by atoms with Gasteiger partial charge < -0.3 is 35.6 Å². The highest BCUT2D eigenvalue weighted by Gasteiger charge is 2.34. The van der Waals surface area contributed by atoms with Crippen molar-refractivity contribution in [3.63, 3.8) is 0 Å². The molecule has 0 spiro atoms. The van der Waals surface area contributed by atoms with Crippen molar-refractivity contribution in [1.82, 2.24) is 5.32 Å². The molecule has 6 N–H and O–H groups in total. The van der Waals surface area contributed by atoms with E-state index in [1.54, 1.807) is 36.4 Å². The Bertz CT molecular complexity index is 872. The van der Waals surface area contributed by atoms with Crippen LogP contribution in [0.15, 0.2) is 48.5 Å². The Morgan fingerprint density at radius 3 is 2.30 bits per heavy atom. The van der Waals surface area contributed by atoms with Crippen molar-refractivity contribution in [1.29, 1.82) is 0 Å². The third-order valence-corrected chi connectivity index (χ3v) is 4.49. The first-order valence-electron chi connectivity index (χ1n) is 9.22. The van der Waals surface area contributed by atoms with Gasteiger partial charge >= 0.3 is 5.97 Å². The van der Waals surface area contributed by atoms with E-state index in [9.17, 15) is 35.1 Å². The second-order valence-corrected chi connectivity index (χ2v) is 6.69. The minimum absolute atomic E-state index is 0.0811. The Morgan fingerprint density at radius 1 is 1.00 bits per heavy atom. The van der Waals surface area contributed by atoms with E-state index in [2.05, 4.69) is 5.32 Å². The largest absolute Gasteiger partial charge is 0.485 e. The van der Waals surface area contributed by atoms with Crippen LogP contribution in [-0.4, -0.2) is 75.0 Å². The van der Waals surface area contributed by atoms with Gasteiger partial charge in [-0.1, -0.05) is 30.3 Å². The molecule has 0 aliphatic carbocycles. The molecule has 4 unspecified atom stereocenters. The van der Waals surface area contributed by atoms with Crippen LogP contribution in [0.1, 0.15) is 17.3 Å². The number of aliphatic hydroxyl groups is 4. The molecule has 2 aromatic carbocycles. The van der Waals surface area contributed by atoms with Crippen molar-refractivity contribution in [3.8, 4) is 16.9 Å². The topological polar surface area (TPSA) is 157 Å². The molecule has 4 atom stereocenters. The standard InChI is InChI=1S/C21H25NO8/c1-12(25)22-16(10-23)19(26)20(27)18(11-24)30-17-8-3-2-7-15(17)13-5-4-6-14(9-13)21(28)29/h2-9,16,18-20,23-24,26-27H,10-11H2,1H3,(H,22,25)(H,28,29). The fourth-order valence-electron chi connectivity index (χ4n) is 2.96. The average molecular weight is 419 g/mol. The van der Waals surface area contributed by atoms with E-state index in [0.717, 1.165) is 0 Å². The third-order valence-electron chi connectivity index (χ3n) is 4.49. The van der Waals surface area contributed by atoms with Crippen molar-refractivity contribution < 1.29 is 39.9 Å². The van der Waals surface area contributed by atoms with Gasteiger partial charge in [-0.05, 0) is 23.8 Å². The number of carboxylic acid groups (broad SMARTS) is 1. The van der Waals surface area contributed by atoms with Crippen LogP contribution in [0.2, 0.25) is 0 Å². The van der Waals surface area contributed by atoms with E-state index in [-0.39, 0.29) is 11.3 Å². The van der Waals surface area contributed by atoms with Crippen LogP contribution in [0.5, 0.6) is 5.75 Å². The molecule has 2 rings (SSSR count). The Labute approximate surface area is 173 Å². The van der Waals surface area contributed by atoms with Gasteiger partial charge in [-0.25, -0.2) is 4.79 Å². The number of aromatic carboxylic acids is 1. The molecule has 0 saturated heterocycles. The lowest BCUT2D eigenvalue weighted by atomic mass is 10.00. The van der Waals surface area contributed by atoms with Gasteiger partial charge in [0.05, 0.1) is 24.8 Å². The minimum atomic E-state index is -1.64. The van der Waals surface area contributed by atoms with E-state index in [0.29, 0.717) is 11.1 Å². The van der Waals surface area contributed by atoms with Crippen LogP contribution in [0.3, 0.4) is 0 Å². The number of nitrogens with one attached hydrogen (secondary N) is 1. The predicted octanol–water partition coefficient (Wildman–Crippen LogP) is 0.0103. The van der Waals surface area contributed by atoms with Crippen LogP contribution in [0, 0.1) is 0 Å². The number of ether oxygens (including phenoxy) is 1. The van der Waals surface area contributed by atoms with E-state index in [1.807, 2.05) is 0 Å². The van der Waals surface area contributed by atoms with Crippen molar-refractivity contribution in [2.75, 3.05) is 13.2 Å². The van der Waals surface area contributed by atoms with Crippen LogP contribution in [0.25, 0.3) is 11.1 Å². The summed E-state index contributed by atoms with van der Waals surface area (Å²) < 4.78 is 5.73. The Balaban J connectivity index is 2.29. The molecule has 9 nitrogen and oxygen atoms in total. The molecule has 0 saturated carbocycles. The number of aliphatic hydroxyl groups excluding tert-OH is 4. The fraction of sp³-hybridized carbons (Fsp3) is 0.333. The summed E-state index contributed by atoms with van der Waals surface area (Å²) in [5.74, 6) is -1.36. The van der Waals surface area contributed by atoms with E-state index in [4.69, 9.17) is 4.74 Å². The molecule has 0 heterocycles. The summed E-state index contributed by atoms with van der Waals surface area (Å²) in [6.45, 7) is -0.0995. The number of amides is 1. The second kappa shape index (κ2) is 10.7. The van der Waals surface area contributed by atoms with Gasteiger partial charge in [0.25, 0.3) is 0 Å². The summed E-state index contributed by atoms with van der Waals surface area (Å²) in [5, 5.41) is 51.3. The zero-order chi connectivity index (χ0) is 22.3. The van der Waals surface area contributed by atoms with Gasteiger partial charge in [0.15, 0.2) is 6.10 Å². The summed E-state index contributed by atoms with van der Waals surface area (Å²) in [6, 6.07) is 11.6. The number of hydrogen-bond donors (Lipinski definition) is 6. The van der Waals surface area contributed by atoms with Crippen LogP contribution < -0.4 is 10.1 Å². The van der Waals surface area contributed by atoms with Crippen LogP contribution >= 0.6 is 0 Å². The number of benzene rings is 2. The summed E-state index contributed by atoms with van der Waals surface area (Å²) in [5.41, 5.74) is 1.14. The van der Waals surface area contributed by atoms with Gasteiger partial charge in [-0.2, -0.15) is 0 Å². The molecular weight excluding hydrogens is 394 g/mol. The van der Waals surface area contributed by atoms with Crippen molar-refractivity contribution in [2.24, 2.45) is 0 Å². The smallest absolute Gasteiger partial charge is 0.335 e. The second-order valence-electron chi connectivity index (χ2n) is 6.69. The molecular formula is C21H25NO8. The first-order valence-corrected chi connectivity index (χ1v) is 9.22. The molecule has 0 radical (unpaired) electrons. The number of carbonyl (C=O) groups is 2. The number of rotatable bonds is 10. The lowest BCUT2D eigenvalue weighted by molar-refractivity contribution is -0.123. The van der Waals surface area contributed by atoms with Gasteiger partial charge in [-0.3, -0.25) is 4.79 Å². The monoisotopic (exact) mass is 419 g/mol. The molecule has 0 bridgehead atoms. The Hall–Kier alpha value is -2.98. The molecule has 0 aromatic heterocycles. The van der Waals surface area contributed by atoms with Crippen LogP contribution in [0.4, 0.5) is 0 Å². The van der Waals surface area contributed by atoms with Crippen molar-refractivity contribution in [3.05, 3.63) is 54.1 Å². The van der Waals surface area contributed by atoms with E-state index in [1.165, 1.54) is 19.1 Å². The normalized spacial score (nSPS) is 15.0. The minimum Gasteiger partial charge on any atom is -0.485 e. The molecule has 2 aromatic rings. The highest BCUT2D eigenvalue weighted by atomic mass is 16.5. The number of carbonyl (C=O) groups excluding carboxylic acids is 1. The molecule has 162 valence electrons. The summed E-state index contributed by atoms with van der Waals surface area (Å²) in [7, 11) is 0. The lowest BCUT2D eigenvalue weighted by Crippen LogP contribution is -2.55. The highest BCUT2D eigenvalue weighted by molar-refractivity contribution is 5.89. The Kier molecular flexibility index (Phi) is 8.31. The zero-order valence-corrected chi connectivity index (χ0v) is 16.3. The van der Waals surface area contributed by atoms with Gasteiger partial charge in [0.1, 0.15) is 18.0 Å². The summed E-state index contributed by atoms with van der Waals surface area (Å²) in [4.78, 5) is 22.5. The molecule has 0 fully saturated rings. The van der Waals surface area contributed by atoms with Crippen molar-refractivity contribution >= 4 is 11.9 Å². The molecule has 0 aliphatic heterocycles. The number of para-hydroxylation sites is 1. The van der Waals surface area contributed by atoms with E-state index >= 15 is 0 Å². The van der Waals surface area contributed by atoms with Gasteiger partial charge in [-0.15, -0.1) is 0 Å². The average Bonchev–Trinajstić information content (AvgIpc) is 2.75. The molecule has 1 amide bonds. The Morgan fingerprint density at radius 2 is 1.70 bits per heavy atom. The van der Waals surface area contributed by atoms with Crippen LogP contribution in [-0.2, 0) is 4.79 Å². The van der Waals surface area contributed by atoms with Gasteiger partial charge in [0, 0.05) is 12.5 Å². The lowest BCUT2D eigenvalue weighted by Gasteiger charge is -2.31. The first kappa shape index (κ1) is 23.3. The molecule has 0 aliphatic rings. The third kappa shape index (κ3) is 5.77. The highest BCUT2D eigenvalue weighted by Crippen LogP contribution is 2.31. The predicted molar refractivity (Wildman–Crippen MR) is 107 cm³/mol. The molecule has 30 heavy (non-hydrogen) atoms. The van der Waals surface area contributed by atoms with Gasteiger partial charge in [0.2, 0.25) is 5.91 Å². The maximum atomic E-state index is 11.3. The zero-order valence-electron chi connectivity index (χ0n) is 16.3. The number of hydrogen-bond acceptors (Lipinski definition) is 7. The quantitative estimate of drug-likeness (QED) is 0.314. The molecule has 9 heteroatoms. The maximum Gasteiger partial charge on any atom is 0.335 e. The summed E-state index contributed by atoms with van der Waals surface area (Å²) in [6.07, 6.45) is -4.54. The SMILES string of the molecule is CC(=O)NC(CO)C(O)C(O)C(CO)Oc1ccccc1-c1cccc(C(=O)O)c1. The first-order chi connectivity index (χ1) is 14.3. The van der Waals surface area contributed by atoms with Crippen molar-refractivity contribution in [2.45, 2.75) is 31.3 Å². The fourth-order valence-corrected chi connectivity index (χ4v) is 2.96. The van der Waals surface area contributed by atoms with E-state index < -0.39 is 49.4 Å².